The summed E-state index contributed by atoms with van der Waals surface area (Å²) in [6.07, 6.45) is -0.507. The lowest BCUT2D eigenvalue weighted by Gasteiger charge is -2.20. The number of carbonyl (C=O) groups excluding carboxylic acids is 1. The van der Waals surface area contributed by atoms with E-state index in [0.717, 1.165) is 0 Å². The highest BCUT2D eigenvalue weighted by Gasteiger charge is 2.15. The second kappa shape index (κ2) is 7.78. The van der Waals surface area contributed by atoms with Crippen molar-refractivity contribution >= 4 is 29.4 Å². The molecule has 0 aliphatic rings. The van der Waals surface area contributed by atoms with E-state index >= 15 is 0 Å². The quantitative estimate of drug-likeness (QED) is 0.431. The van der Waals surface area contributed by atoms with E-state index < -0.39 is 23.7 Å². The molecule has 1 atom stereocenters. The van der Waals surface area contributed by atoms with E-state index in [-0.39, 0.29) is 5.11 Å². The predicted octanol–water partition coefficient (Wildman–Crippen LogP) is 0.448. The molecule has 1 amide bonds. The van der Waals surface area contributed by atoms with Crippen LogP contribution < -0.4 is 16.0 Å². The lowest BCUT2D eigenvalue weighted by molar-refractivity contribution is -0.138. The van der Waals surface area contributed by atoms with Gasteiger partial charge >= 0.3 is 12.1 Å². The Kier molecular flexibility index (Phi) is 7.13. The van der Waals surface area contributed by atoms with E-state index in [9.17, 15) is 9.59 Å². The Hall–Kier alpha value is -1.57. The highest BCUT2D eigenvalue weighted by molar-refractivity contribution is 7.80. The van der Waals surface area contributed by atoms with Crippen LogP contribution in [-0.2, 0) is 9.53 Å². The number of nitrogens with one attached hydrogen (secondary N) is 3. The van der Waals surface area contributed by atoms with Crippen LogP contribution in [0.3, 0.4) is 0 Å². The highest BCUT2D eigenvalue weighted by Crippen LogP contribution is 2.05. The monoisotopic (exact) mass is 291 g/mol. The molecule has 0 aromatic heterocycles. The van der Waals surface area contributed by atoms with E-state index in [2.05, 4.69) is 16.0 Å². The molecular weight excluding hydrogens is 270 g/mol. The van der Waals surface area contributed by atoms with Gasteiger partial charge in [0.15, 0.2) is 5.11 Å². The molecule has 0 aliphatic carbocycles. The standard InChI is InChI=1S/C11H21N3O4S/c1-7(8(15)16)14-9(19)12-5-6-13-10(17)18-11(2,3)4/h7H,5-6H2,1-4H3,(H,13,17)(H,15,16)(H2,12,14,19)/t7-/m0/s1. The van der Waals surface area contributed by atoms with Crippen LogP contribution in [0.5, 0.6) is 0 Å². The molecule has 8 heteroatoms. The zero-order chi connectivity index (χ0) is 15.1. The van der Waals surface area contributed by atoms with Gasteiger partial charge < -0.3 is 25.8 Å². The Bertz CT molecular complexity index is 341. The van der Waals surface area contributed by atoms with Gasteiger partial charge in [0.2, 0.25) is 0 Å². The summed E-state index contributed by atoms with van der Waals surface area (Å²) in [6.45, 7) is 7.50. The number of amides is 1. The van der Waals surface area contributed by atoms with Gasteiger partial charge in [-0.2, -0.15) is 0 Å². The van der Waals surface area contributed by atoms with E-state index in [0.29, 0.717) is 13.1 Å². The van der Waals surface area contributed by atoms with E-state index in [1.807, 2.05) is 0 Å². The average molecular weight is 291 g/mol. The molecule has 19 heavy (non-hydrogen) atoms. The van der Waals surface area contributed by atoms with Crippen LogP contribution >= 0.6 is 12.2 Å². The molecule has 0 heterocycles. The summed E-state index contributed by atoms with van der Waals surface area (Å²) >= 11 is 4.89. The molecule has 0 unspecified atom stereocenters. The average Bonchev–Trinajstić information content (AvgIpc) is 2.21. The summed E-state index contributed by atoms with van der Waals surface area (Å²) in [6, 6.07) is -0.765. The van der Waals surface area contributed by atoms with Gasteiger partial charge in [0, 0.05) is 13.1 Å². The van der Waals surface area contributed by atoms with Crippen molar-refractivity contribution in [1.29, 1.82) is 0 Å². The fourth-order valence-electron chi connectivity index (χ4n) is 0.964. The molecule has 0 bridgehead atoms. The Morgan fingerprint density at radius 2 is 1.79 bits per heavy atom. The molecule has 0 aromatic rings. The maximum Gasteiger partial charge on any atom is 0.407 e. The van der Waals surface area contributed by atoms with Gasteiger partial charge in [0.25, 0.3) is 0 Å². The number of thiocarbonyl (C=S) groups is 1. The van der Waals surface area contributed by atoms with Crippen molar-refractivity contribution < 1.29 is 19.4 Å². The molecule has 4 N–H and O–H groups in total. The molecule has 0 rings (SSSR count). The summed E-state index contributed by atoms with van der Waals surface area (Å²) < 4.78 is 5.04. The number of carboxylic acid groups (broad SMARTS) is 1. The number of rotatable bonds is 5. The van der Waals surface area contributed by atoms with Gasteiger partial charge in [0.05, 0.1) is 0 Å². The Morgan fingerprint density at radius 1 is 1.26 bits per heavy atom. The maximum atomic E-state index is 11.3. The number of aliphatic carboxylic acids is 1. The lowest BCUT2D eigenvalue weighted by atomic mass is 10.2. The van der Waals surface area contributed by atoms with Gasteiger partial charge in [-0.25, -0.2) is 4.79 Å². The smallest absolute Gasteiger partial charge is 0.407 e. The van der Waals surface area contributed by atoms with Crippen LogP contribution in [0, 0.1) is 0 Å². The molecule has 0 aromatic carbocycles. The Morgan fingerprint density at radius 3 is 2.26 bits per heavy atom. The van der Waals surface area contributed by atoms with Gasteiger partial charge in [-0.05, 0) is 39.9 Å². The summed E-state index contributed by atoms with van der Waals surface area (Å²) in [7, 11) is 0. The number of carbonyl (C=O) groups is 2. The number of carboxylic acids is 1. The minimum atomic E-state index is -0.990. The minimum absolute atomic E-state index is 0.223. The third-order valence-corrected chi connectivity index (χ3v) is 2.06. The minimum Gasteiger partial charge on any atom is -0.480 e. The van der Waals surface area contributed by atoms with Gasteiger partial charge in [-0.3, -0.25) is 4.79 Å². The number of alkyl carbamates (subject to hydrolysis) is 1. The van der Waals surface area contributed by atoms with Crippen LogP contribution in [0.1, 0.15) is 27.7 Å². The zero-order valence-electron chi connectivity index (χ0n) is 11.6. The van der Waals surface area contributed by atoms with Crippen LogP contribution in [-0.4, -0.2) is 47.0 Å². The maximum absolute atomic E-state index is 11.3. The van der Waals surface area contributed by atoms with Crippen molar-refractivity contribution in [3.05, 3.63) is 0 Å². The second-order valence-corrected chi connectivity index (χ2v) is 5.30. The predicted molar refractivity (Wildman–Crippen MR) is 75.1 cm³/mol. The lowest BCUT2D eigenvalue weighted by Crippen LogP contribution is -2.46. The van der Waals surface area contributed by atoms with Gasteiger partial charge in [0.1, 0.15) is 11.6 Å². The molecular formula is C11H21N3O4S. The van der Waals surface area contributed by atoms with E-state index in [1.54, 1.807) is 20.8 Å². The molecule has 0 spiro atoms. The first-order valence-electron chi connectivity index (χ1n) is 5.86. The van der Waals surface area contributed by atoms with Crippen LogP contribution in [0.2, 0.25) is 0 Å². The van der Waals surface area contributed by atoms with E-state index in [1.165, 1.54) is 6.92 Å². The van der Waals surface area contributed by atoms with Crippen molar-refractivity contribution in [3.8, 4) is 0 Å². The number of hydrogen-bond donors (Lipinski definition) is 4. The first-order chi connectivity index (χ1) is 8.61. The third-order valence-electron chi connectivity index (χ3n) is 1.80. The van der Waals surface area contributed by atoms with Crippen molar-refractivity contribution in [2.75, 3.05) is 13.1 Å². The van der Waals surface area contributed by atoms with E-state index in [4.69, 9.17) is 22.1 Å². The molecule has 0 fully saturated rings. The molecule has 0 radical (unpaired) electrons. The first kappa shape index (κ1) is 17.4. The van der Waals surface area contributed by atoms with Crippen molar-refractivity contribution in [2.24, 2.45) is 0 Å². The summed E-state index contributed by atoms with van der Waals surface area (Å²) in [5, 5.41) is 16.8. The van der Waals surface area contributed by atoms with Crippen LogP contribution in [0.15, 0.2) is 0 Å². The summed E-state index contributed by atoms with van der Waals surface area (Å²) in [5.41, 5.74) is -0.536. The molecule has 110 valence electrons. The number of ether oxygens (including phenoxy) is 1. The fraction of sp³-hybridized carbons (Fsp3) is 0.727. The topological polar surface area (TPSA) is 99.7 Å². The van der Waals surface area contributed by atoms with Crippen molar-refractivity contribution in [2.45, 2.75) is 39.3 Å². The summed E-state index contributed by atoms with van der Waals surface area (Å²) in [4.78, 5) is 21.8. The van der Waals surface area contributed by atoms with Crippen molar-refractivity contribution in [1.82, 2.24) is 16.0 Å². The fourth-order valence-corrected chi connectivity index (χ4v) is 1.24. The van der Waals surface area contributed by atoms with Crippen LogP contribution in [0.4, 0.5) is 4.79 Å². The van der Waals surface area contributed by atoms with Crippen LogP contribution in [0.25, 0.3) is 0 Å². The molecule has 0 aliphatic heterocycles. The largest absolute Gasteiger partial charge is 0.480 e. The van der Waals surface area contributed by atoms with Gasteiger partial charge in [-0.15, -0.1) is 0 Å². The zero-order valence-corrected chi connectivity index (χ0v) is 12.4. The molecule has 0 saturated carbocycles. The summed E-state index contributed by atoms with van der Waals surface area (Å²) in [5.74, 6) is -0.990. The Balaban J connectivity index is 3.72. The number of hydrogen-bond acceptors (Lipinski definition) is 4. The SMILES string of the molecule is C[C@H](NC(=S)NCCNC(=O)OC(C)(C)C)C(=O)O. The Labute approximate surface area is 118 Å². The molecule has 0 saturated heterocycles. The first-order valence-corrected chi connectivity index (χ1v) is 6.26. The highest BCUT2D eigenvalue weighted by atomic mass is 32.1. The van der Waals surface area contributed by atoms with Crippen molar-refractivity contribution in [3.63, 3.8) is 0 Å². The molecule has 7 nitrogen and oxygen atoms in total. The van der Waals surface area contributed by atoms with Gasteiger partial charge in [-0.1, -0.05) is 0 Å². The normalized spacial score (nSPS) is 12.2. The third kappa shape index (κ3) is 10.1. The second-order valence-electron chi connectivity index (χ2n) is 4.89.